The van der Waals surface area contributed by atoms with Crippen LogP contribution in [-0.2, 0) is 19.6 Å². The van der Waals surface area contributed by atoms with Crippen molar-refractivity contribution in [1.82, 2.24) is 20.1 Å². The molecule has 0 spiro atoms. The highest BCUT2D eigenvalue weighted by Crippen LogP contribution is 2.37. The Morgan fingerprint density at radius 2 is 1.93 bits per heavy atom. The number of nitrogens with one attached hydrogen (secondary N) is 2. The molecular weight excluding hydrogens is 506 g/mol. The van der Waals surface area contributed by atoms with E-state index >= 15 is 0 Å². The van der Waals surface area contributed by atoms with Gasteiger partial charge in [0.2, 0.25) is 0 Å². The molecule has 1 unspecified atom stereocenters. The van der Waals surface area contributed by atoms with E-state index in [1.165, 1.54) is 10.9 Å². The summed E-state index contributed by atoms with van der Waals surface area (Å²) in [6, 6.07) is 22.6. The van der Waals surface area contributed by atoms with Crippen molar-refractivity contribution in [2.24, 2.45) is 0 Å². The lowest BCUT2D eigenvalue weighted by Crippen LogP contribution is -2.30. The number of aromatic amines is 1. The molecule has 206 valence electrons. The number of aryl methyl sites for hydroxylation is 1. The maximum atomic E-state index is 11.6. The van der Waals surface area contributed by atoms with E-state index in [9.17, 15) is 10.4 Å². The number of hydrogen-bond acceptors (Lipinski definition) is 7. The highest BCUT2D eigenvalue weighted by atomic mass is 16.8. The van der Waals surface area contributed by atoms with Gasteiger partial charge in [-0.2, -0.15) is 5.10 Å². The Balaban J connectivity index is 1.31. The average molecular weight is 539 g/mol. The normalized spacial score (nSPS) is 14.8. The number of aromatic nitrogens is 3. The van der Waals surface area contributed by atoms with Gasteiger partial charge in [-0.1, -0.05) is 36.4 Å². The molecule has 1 aliphatic rings. The van der Waals surface area contributed by atoms with Crippen LogP contribution in [0.3, 0.4) is 0 Å². The third-order valence-corrected chi connectivity index (χ3v) is 7.66. The molecule has 0 bridgehead atoms. The van der Waals surface area contributed by atoms with Gasteiger partial charge >= 0.3 is 0 Å². The zero-order valence-corrected chi connectivity index (χ0v) is 22.8. The molecule has 1 aliphatic heterocycles. The first-order chi connectivity index (χ1) is 19.4. The Kier molecular flexibility index (Phi) is 6.93. The number of hydrogen-bond donors (Lipinski definition) is 3. The molecule has 3 aromatic carbocycles. The van der Waals surface area contributed by atoms with Crippen LogP contribution >= 0.6 is 0 Å². The number of fused-ring (bicyclic) bond motifs is 3. The Morgan fingerprint density at radius 1 is 1.10 bits per heavy atom. The topological polar surface area (TPSA) is 111 Å². The second kappa shape index (κ2) is 10.7. The summed E-state index contributed by atoms with van der Waals surface area (Å²) >= 11 is 0. The zero-order valence-electron chi connectivity index (χ0n) is 22.8. The number of benzene rings is 3. The largest absolute Gasteiger partial charge is 0.733 e. The van der Waals surface area contributed by atoms with Crippen molar-refractivity contribution in [1.29, 1.82) is 0 Å². The van der Waals surface area contributed by atoms with Crippen molar-refractivity contribution in [3.8, 4) is 11.5 Å². The minimum Gasteiger partial charge on any atom is -0.733 e. The fraction of sp³-hybridized carbons (Fsp3) is 0.258. The summed E-state index contributed by atoms with van der Waals surface area (Å²) in [5, 5.41) is 30.4. The van der Waals surface area contributed by atoms with Crippen molar-refractivity contribution >= 4 is 16.6 Å². The molecule has 0 saturated heterocycles. The molecule has 5 aromatic rings. The fourth-order valence-electron chi connectivity index (χ4n) is 5.70. The third-order valence-electron chi connectivity index (χ3n) is 7.66. The van der Waals surface area contributed by atoms with E-state index in [-0.39, 0.29) is 17.0 Å². The summed E-state index contributed by atoms with van der Waals surface area (Å²) in [4.78, 5) is 3.66. The van der Waals surface area contributed by atoms with Crippen LogP contribution < -0.4 is 20.0 Å². The Morgan fingerprint density at radius 3 is 2.67 bits per heavy atom. The van der Waals surface area contributed by atoms with Gasteiger partial charge in [-0.25, -0.2) is 0 Å². The summed E-state index contributed by atoms with van der Waals surface area (Å²) in [5.74, 6) is 1.58. The number of nitrogens with zero attached hydrogens (tertiary/aromatic N) is 3. The van der Waals surface area contributed by atoms with Gasteiger partial charge in [0, 0.05) is 28.7 Å². The van der Waals surface area contributed by atoms with Crippen LogP contribution in [0.2, 0.25) is 0 Å². The Bertz CT molecular complexity index is 1660. The maximum Gasteiger partial charge on any atom is 0.123 e. The van der Waals surface area contributed by atoms with E-state index in [4.69, 9.17) is 9.47 Å². The lowest BCUT2D eigenvalue weighted by Gasteiger charge is -2.26. The van der Waals surface area contributed by atoms with E-state index in [1.807, 2.05) is 30.3 Å². The van der Waals surface area contributed by atoms with Gasteiger partial charge in [0.15, 0.2) is 0 Å². The summed E-state index contributed by atoms with van der Waals surface area (Å²) < 4.78 is 13.5. The van der Waals surface area contributed by atoms with E-state index in [1.54, 1.807) is 25.6 Å². The van der Waals surface area contributed by atoms with Crippen molar-refractivity contribution in [3.05, 3.63) is 111 Å². The van der Waals surface area contributed by atoms with E-state index in [0.717, 1.165) is 52.4 Å². The highest BCUT2D eigenvalue weighted by molar-refractivity contribution is 5.86. The molecule has 9 heteroatoms. The highest BCUT2D eigenvalue weighted by Gasteiger charge is 2.26. The molecule has 0 radical (unpaired) electrons. The van der Waals surface area contributed by atoms with E-state index in [2.05, 4.69) is 51.8 Å². The summed E-state index contributed by atoms with van der Waals surface area (Å²) in [7, 11) is 1.64. The van der Waals surface area contributed by atoms with Crippen LogP contribution in [0.1, 0.15) is 45.4 Å². The molecule has 0 fully saturated rings. The lowest BCUT2D eigenvalue weighted by molar-refractivity contribution is 0.295. The van der Waals surface area contributed by atoms with Gasteiger partial charge in [0.05, 0.1) is 36.8 Å². The molecule has 3 N–H and O–H groups in total. The summed E-state index contributed by atoms with van der Waals surface area (Å²) in [6.07, 6.45) is 0.915. The summed E-state index contributed by atoms with van der Waals surface area (Å²) in [6.45, 7) is 5.24. The molecule has 1 atom stereocenters. The van der Waals surface area contributed by atoms with Crippen LogP contribution in [0.4, 0.5) is 5.69 Å². The SMILES string of the molecule is COc1ccc(C2NCCc3c2[nH]c2ccc(OCc4ccccc4)cc32)cc1Cn1nc(C)c(N([O-])O)c1C. The summed E-state index contributed by atoms with van der Waals surface area (Å²) in [5.41, 5.74) is 7.90. The predicted molar refractivity (Wildman–Crippen MR) is 154 cm³/mol. The number of ether oxygens (including phenoxy) is 2. The maximum absolute atomic E-state index is 11.6. The van der Waals surface area contributed by atoms with Crippen LogP contribution in [-0.4, -0.2) is 33.6 Å². The quantitative estimate of drug-likeness (QED) is 0.222. The number of anilines is 1. The van der Waals surface area contributed by atoms with Crippen LogP contribution in [0.5, 0.6) is 11.5 Å². The lowest BCUT2D eigenvalue weighted by atomic mass is 9.93. The minimum atomic E-state index is -0.122. The molecule has 40 heavy (non-hydrogen) atoms. The van der Waals surface area contributed by atoms with Crippen LogP contribution in [0.25, 0.3) is 10.9 Å². The molecule has 9 nitrogen and oxygen atoms in total. The minimum absolute atomic E-state index is 0.0277. The number of H-pyrrole nitrogens is 1. The van der Waals surface area contributed by atoms with Crippen molar-refractivity contribution in [2.75, 3.05) is 18.9 Å². The molecule has 0 saturated carbocycles. The standard InChI is InChI=1S/C31H32N5O4/c1-19-31(36(37)38)20(2)35(34-19)17-23-15-22(9-12-28(23)39-3)29-30-25(13-14-32-29)26-16-24(10-11-27(26)33-30)40-18-21-7-5-4-6-8-21/h4-12,15-16,29,32-33,37H,13-14,17-18H2,1-3H3/q-1. The van der Waals surface area contributed by atoms with Gasteiger partial charge in [0.25, 0.3) is 0 Å². The zero-order chi connectivity index (χ0) is 27.8. The molecule has 2 aromatic heterocycles. The van der Waals surface area contributed by atoms with Gasteiger partial charge in [-0.05, 0) is 67.3 Å². The van der Waals surface area contributed by atoms with Crippen LogP contribution in [0.15, 0.2) is 66.7 Å². The second-order valence-corrected chi connectivity index (χ2v) is 10.2. The molecule has 0 aliphatic carbocycles. The monoisotopic (exact) mass is 538 g/mol. The van der Waals surface area contributed by atoms with Gasteiger partial charge in [-0.3, -0.25) is 9.89 Å². The number of rotatable bonds is 8. The fourth-order valence-corrected chi connectivity index (χ4v) is 5.70. The Hall–Kier alpha value is -4.31. The first-order valence-electron chi connectivity index (χ1n) is 13.3. The second-order valence-electron chi connectivity index (χ2n) is 10.2. The smallest absolute Gasteiger partial charge is 0.123 e. The Labute approximate surface area is 232 Å². The average Bonchev–Trinajstić information content (AvgIpc) is 3.47. The first-order valence-corrected chi connectivity index (χ1v) is 13.3. The first kappa shape index (κ1) is 25.9. The third kappa shape index (κ3) is 4.79. The molecule has 0 amide bonds. The van der Waals surface area contributed by atoms with Crippen molar-refractivity contribution in [3.63, 3.8) is 0 Å². The molecule has 6 rings (SSSR count). The van der Waals surface area contributed by atoms with Gasteiger partial charge in [-0.15, -0.1) is 0 Å². The van der Waals surface area contributed by atoms with Crippen molar-refractivity contribution < 1.29 is 14.7 Å². The molecular formula is C31H32N5O4-. The van der Waals surface area contributed by atoms with Gasteiger partial charge in [0.1, 0.15) is 18.1 Å². The van der Waals surface area contributed by atoms with E-state index in [0.29, 0.717) is 24.5 Å². The molecule has 3 heterocycles. The van der Waals surface area contributed by atoms with Crippen molar-refractivity contribution in [2.45, 2.75) is 39.5 Å². The number of methoxy groups -OCH3 is 1. The van der Waals surface area contributed by atoms with Crippen LogP contribution in [0, 0.1) is 19.1 Å². The van der Waals surface area contributed by atoms with Gasteiger partial charge < -0.3 is 30.2 Å². The predicted octanol–water partition coefficient (Wildman–Crippen LogP) is 5.55. The van der Waals surface area contributed by atoms with E-state index < -0.39 is 0 Å².